The third-order valence-electron chi connectivity index (χ3n) is 1.72. The van der Waals surface area contributed by atoms with Crippen molar-refractivity contribution in [2.24, 2.45) is 5.41 Å². The number of nitrogens with zero attached hydrogens (tertiary/aromatic N) is 1. The van der Waals surface area contributed by atoms with Crippen LogP contribution in [0.25, 0.3) is 0 Å². The number of hydrogen-bond donors (Lipinski definition) is 0. The molecule has 0 aromatic carbocycles. The lowest BCUT2D eigenvalue weighted by molar-refractivity contribution is -0.124. The average molecular weight is 157 g/mol. The first-order chi connectivity index (χ1) is 4.76. The zero-order valence-electron chi connectivity index (χ0n) is 8.43. The van der Waals surface area contributed by atoms with Crippen molar-refractivity contribution >= 4 is 5.78 Å². The number of Topliss-reactive ketones (excluding diaryl/α,β-unsaturated/α-hetero) is 1. The summed E-state index contributed by atoms with van der Waals surface area (Å²) in [4.78, 5) is 13.2. The summed E-state index contributed by atoms with van der Waals surface area (Å²) in [6.07, 6.45) is 0. The summed E-state index contributed by atoms with van der Waals surface area (Å²) in [5, 5.41) is 0. The zero-order chi connectivity index (χ0) is 9.23. The highest BCUT2D eigenvalue weighted by atomic mass is 16.1. The van der Waals surface area contributed by atoms with Gasteiger partial charge in [-0.1, -0.05) is 20.8 Å². The summed E-state index contributed by atoms with van der Waals surface area (Å²) in [6, 6.07) is 0.0301. The van der Waals surface area contributed by atoms with E-state index >= 15 is 0 Å². The van der Waals surface area contributed by atoms with Crippen LogP contribution in [0.4, 0.5) is 0 Å². The fourth-order valence-electron chi connectivity index (χ4n) is 1.75. The highest BCUT2D eigenvalue weighted by Crippen LogP contribution is 2.23. The van der Waals surface area contributed by atoms with Crippen LogP contribution in [-0.2, 0) is 4.79 Å². The normalized spacial score (nSPS) is 15.2. The number of hydrogen-bond acceptors (Lipinski definition) is 2. The highest BCUT2D eigenvalue weighted by Gasteiger charge is 2.29. The molecule has 0 N–H and O–H groups in total. The van der Waals surface area contributed by atoms with Gasteiger partial charge in [-0.25, -0.2) is 0 Å². The topological polar surface area (TPSA) is 20.3 Å². The summed E-state index contributed by atoms with van der Waals surface area (Å²) in [5.74, 6) is 0.238. The quantitative estimate of drug-likeness (QED) is 0.606. The molecule has 0 bridgehead atoms. The van der Waals surface area contributed by atoms with Crippen molar-refractivity contribution in [1.82, 2.24) is 4.90 Å². The van der Waals surface area contributed by atoms with Crippen LogP contribution in [0, 0.1) is 5.41 Å². The van der Waals surface area contributed by atoms with Gasteiger partial charge in [-0.2, -0.15) is 0 Å². The van der Waals surface area contributed by atoms with Crippen LogP contribution in [0.5, 0.6) is 0 Å². The Bertz CT molecular complexity index is 144. The number of carbonyl (C=O) groups is 1. The van der Waals surface area contributed by atoms with Gasteiger partial charge >= 0.3 is 0 Å². The predicted octanol–water partition coefficient (Wildman–Crippen LogP) is 1.55. The van der Waals surface area contributed by atoms with E-state index in [0.29, 0.717) is 0 Å². The monoisotopic (exact) mass is 157 g/mol. The Morgan fingerprint density at radius 3 is 1.64 bits per heavy atom. The molecule has 0 radical (unpaired) electrons. The van der Waals surface area contributed by atoms with Gasteiger partial charge in [0.1, 0.15) is 5.78 Å². The molecule has 0 spiro atoms. The molecule has 66 valence electrons. The zero-order valence-corrected chi connectivity index (χ0v) is 8.43. The Hall–Kier alpha value is -0.370. The van der Waals surface area contributed by atoms with E-state index < -0.39 is 0 Å². The molecule has 0 heterocycles. The Labute approximate surface area is 69.6 Å². The van der Waals surface area contributed by atoms with Gasteiger partial charge in [-0.05, 0) is 26.4 Å². The lowest BCUT2D eigenvalue weighted by Gasteiger charge is -2.33. The van der Waals surface area contributed by atoms with E-state index in [1.165, 1.54) is 0 Å². The van der Waals surface area contributed by atoms with Crippen molar-refractivity contribution in [3.8, 4) is 0 Å². The first-order valence-electron chi connectivity index (χ1n) is 3.93. The molecule has 0 rings (SSSR count). The number of carbonyl (C=O) groups excluding carboxylic acids is 1. The van der Waals surface area contributed by atoms with Crippen molar-refractivity contribution in [3.63, 3.8) is 0 Å². The summed E-state index contributed by atoms with van der Waals surface area (Å²) in [7, 11) is 3.88. The number of rotatable bonds is 2. The lowest BCUT2D eigenvalue weighted by Crippen LogP contribution is -2.44. The average Bonchev–Trinajstić information content (AvgIpc) is 1.54. The van der Waals surface area contributed by atoms with Crippen LogP contribution in [0.2, 0.25) is 0 Å². The van der Waals surface area contributed by atoms with Gasteiger partial charge in [0, 0.05) is 0 Å². The molecule has 0 amide bonds. The van der Waals surface area contributed by atoms with Crippen molar-refractivity contribution in [3.05, 3.63) is 0 Å². The Balaban J connectivity index is 4.49. The van der Waals surface area contributed by atoms with Crippen molar-refractivity contribution in [1.29, 1.82) is 0 Å². The van der Waals surface area contributed by atoms with E-state index in [-0.39, 0.29) is 17.2 Å². The first-order valence-corrected chi connectivity index (χ1v) is 3.93. The van der Waals surface area contributed by atoms with Gasteiger partial charge in [-0.3, -0.25) is 9.69 Å². The van der Waals surface area contributed by atoms with Crippen LogP contribution in [-0.4, -0.2) is 30.8 Å². The van der Waals surface area contributed by atoms with Crippen molar-refractivity contribution in [2.45, 2.75) is 33.7 Å². The summed E-state index contributed by atoms with van der Waals surface area (Å²) >= 11 is 0. The smallest absolute Gasteiger partial charge is 0.147 e. The fraction of sp³-hybridized carbons (Fsp3) is 0.889. The maximum absolute atomic E-state index is 11.2. The molecule has 0 saturated heterocycles. The molecule has 2 nitrogen and oxygen atoms in total. The third-order valence-corrected chi connectivity index (χ3v) is 1.72. The summed E-state index contributed by atoms with van der Waals surface area (Å²) < 4.78 is 0. The SMILES string of the molecule is CC(=O)[C@@H](N(C)C)C(C)(C)C. The molecule has 0 fully saturated rings. The van der Waals surface area contributed by atoms with E-state index in [0.717, 1.165) is 0 Å². The molecular formula is C9H19NO. The molecule has 1 atom stereocenters. The van der Waals surface area contributed by atoms with Gasteiger partial charge in [0.2, 0.25) is 0 Å². The minimum absolute atomic E-state index is 0.0301. The number of likely N-dealkylation sites (N-methyl/N-ethyl adjacent to an activating group) is 1. The van der Waals surface area contributed by atoms with Crippen LogP contribution in [0.15, 0.2) is 0 Å². The first kappa shape index (κ1) is 10.6. The molecule has 0 aromatic heterocycles. The molecule has 2 heteroatoms. The molecule has 0 aromatic rings. The van der Waals surface area contributed by atoms with Crippen LogP contribution >= 0.6 is 0 Å². The van der Waals surface area contributed by atoms with Crippen LogP contribution in [0.3, 0.4) is 0 Å². The molecule has 0 aliphatic carbocycles. The van der Waals surface area contributed by atoms with Gasteiger partial charge in [0.05, 0.1) is 6.04 Å². The van der Waals surface area contributed by atoms with E-state index in [4.69, 9.17) is 0 Å². The van der Waals surface area contributed by atoms with Gasteiger partial charge < -0.3 is 0 Å². The maximum atomic E-state index is 11.2. The minimum Gasteiger partial charge on any atom is -0.299 e. The van der Waals surface area contributed by atoms with Gasteiger partial charge in [0.25, 0.3) is 0 Å². The highest BCUT2D eigenvalue weighted by molar-refractivity contribution is 5.82. The van der Waals surface area contributed by atoms with E-state index in [9.17, 15) is 4.79 Å². The van der Waals surface area contributed by atoms with E-state index in [1.54, 1.807) is 6.92 Å². The van der Waals surface area contributed by atoms with E-state index in [2.05, 4.69) is 20.8 Å². The van der Waals surface area contributed by atoms with E-state index in [1.807, 2.05) is 19.0 Å². The molecule has 0 aliphatic heterocycles. The Kier molecular flexibility index (Phi) is 3.24. The number of ketones is 1. The largest absolute Gasteiger partial charge is 0.299 e. The predicted molar refractivity (Wildman–Crippen MR) is 47.6 cm³/mol. The maximum Gasteiger partial charge on any atom is 0.147 e. The Morgan fingerprint density at radius 2 is 1.64 bits per heavy atom. The Morgan fingerprint density at radius 1 is 1.27 bits per heavy atom. The minimum atomic E-state index is 0.0301. The molecule has 0 aliphatic rings. The molecular weight excluding hydrogens is 138 g/mol. The van der Waals surface area contributed by atoms with Gasteiger partial charge in [0.15, 0.2) is 0 Å². The second-order valence-electron chi connectivity index (χ2n) is 4.34. The van der Waals surface area contributed by atoms with Crippen LogP contribution in [0.1, 0.15) is 27.7 Å². The summed E-state index contributed by atoms with van der Waals surface area (Å²) in [6.45, 7) is 7.90. The molecule has 0 unspecified atom stereocenters. The van der Waals surface area contributed by atoms with Crippen molar-refractivity contribution in [2.75, 3.05) is 14.1 Å². The lowest BCUT2D eigenvalue weighted by atomic mass is 9.84. The van der Waals surface area contributed by atoms with Crippen LogP contribution < -0.4 is 0 Å². The second kappa shape index (κ2) is 3.35. The summed E-state index contributed by atoms with van der Waals surface area (Å²) in [5.41, 5.74) is 0.0370. The van der Waals surface area contributed by atoms with Crippen molar-refractivity contribution < 1.29 is 4.79 Å². The second-order valence-corrected chi connectivity index (χ2v) is 4.34. The third kappa shape index (κ3) is 3.02. The fourth-order valence-corrected chi connectivity index (χ4v) is 1.75. The molecule has 11 heavy (non-hydrogen) atoms. The standard InChI is InChI=1S/C9H19NO/c1-7(11)8(10(5)6)9(2,3)4/h8H,1-6H3/t8-/m1/s1. The molecule has 0 saturated carbocycles. The van der Waals surface area contributed by atoms with Gasteiger partial charge in [-0.15, -0.1) is 0 Å².